The van der Waals surface area contributed by atoms with Gasteiger partial charge in [0.2, 0.25) is 0 Å². The standard InChI is InChI=1S/C26H27N3O/c30-24-10-11-26-25(18-24)22(19-27-26)12-13-28-14-16-29(17-15-28)23-8-6-21(7-9-23)20-4-2-1-3-5-20/h1-11,18-19,27,30H,12-17H2. The lowest BCUT2D eigenvalue weighted by atomic mass is 10.1. The maximum absolute atomic E-state index is 9.78. The number of aromatic amines is 1. The van der Waals surface area contributed by atoms with Crippen LogP contribution in [-0.4, -0.2) is 47.7 Å². The van der Waals surface area contributed by atoms with Crippen LogP contribution >= 0.6 is 0 Å². The number of anilines is 1. The van der Waals surface area contributed by atoms with Crippen LogP contribution in [0.5, 0.6) is 5.75 Å². The Morgan fingerprint density at radius 1 is 0.800 bits per heavy atom. The van der Waals surface area contributed by atoms with Crippen LogP contribution in [0.1, 0.15) is 5.56 Å². The van der Waals surface area contributed by atoms with Crippen molar-refractivity contribution in [2.24, 2.45) is 0 Å². The van der Waals surface area contributed by atoms with Gasteiger partial charge in [-0.05, 0) is 53.4 Å². The smallest absolute Gasteiger partial charge is 0.116 e. The third-order valence-electron chi connectivity index (χ3n) is 6.16. The molecule has 4 aromatic rings. The van der Waals surface area contributed by atoms with E-state index in [1.165, 1.54) is 22.4 Å². The first-order chi connectivity index (χ1) is 14.8. The van der Waals surface area contributed by atoms with Gasteiger partial charge in [0.05, 0.1) is 0 Å². The van der Waals surface area contributed by atoms with Gasteiger partial charge < -0.3 is 15.0 Å². The van der Waals surface area contributed by atoms with Crippen LogP contribution in [0.4, 0.5) is 5.69 Å². The van der Waals surface area contributed by atoms with E-state index in [2.05, 4.69) is 75.6 Å². The molecule has 3 aromatic carbocycles. The van der Waals surface area contributed by atoms with Gasteiger partial charge in [-0.1, -0.05) is 42.5 Å². The van der Waals surface area contributed by atoms with Gasteiger partial charge in [0.15, 0.2) is 0 Å². The summed E-state index contributed by atoms with van der Waals surface area (Å²) in [7, 11) is 0. The number of nitrogens with zero attached hydrogens (tertiary/aromatic N) is 2. The maximum atomic E-state index is 9.78. The summed E-state index contributed by atoms with van der Waals surface area (Å²) in [6, 6.07) is 25.0. The molecule has 0 saturated carbocycles. The third-order valence-corrected chi connectivity index (χ3v) is 6.16. The van der Waals surface area contributed by atoms with Gasteiger partial charge in [-0.15, -0.1) is 0 Å². The van der Waals surface area contributed by atoms with E-state index >= 15 is 0 Å². The zero-order valence-corrected chi connectivity index (χ0v) is 17.1. The molecule has 1 saturated heterocycles. The minimum Gasteiger partial charge on any atom is -0.508 e. The number of piperazine rings is 1. The highest BCUT2D eigenvalue weighted by atomic mass is 16.3. The molecule has 0 unspecified atom stereocenters. The molecule has 2 heterocycles. The molecule has 0 spiro atoms. The average Bonchev–Trinajstić information content (AvgIpc) is 3.21. The lowest BCUT2D eigenvalue weighted by Crippen LogP contribution is -2.46. The SMILES string of the molecule is Oc1ccc2[nH]cc(CCN3CCN(c4ccc(-c5ccccc5)cc4)CC3)c2c1. The van der Waals surface area contributed by atoms with Gasteiger partial charge >= 0.3 is 0 Å². The van der Waals surface area contributed by atoms with Crippen molar-refractivity contribution in [1.29, 1.82) is 0 Å². The first-order valence-corrected chi connectivity index (χ1v) is 10.7. The normalized spacial score (nSPS) is 15.0. The number of aromatic hydroxyl groups is 1. The van der Waals surface area contributed by atoms with E-state index in [0.717, 1.165) is 50.0 Å². The molecule has 5 rings (SSSR count). The highest BCUT2D eigenvalue weighted by molar-refractivity contribution is 5.84. The minimum absolute atomic E-state index is 0.329. The number of nitrogens with one attached hydrogen (secondary N) is 1. The van der Waals surface area contributed by atoms with E-state index in [1.54, 1.807) is 6.07 Å². The van der Waals surface area contributed by atoms with E-state index in [9.17, 15) is 5.11 Å². The Balaban J connectivity index is 1.17. The van der Waals surface area contributed by atoms with E-state index in [1.807, 2.05) is 12.1 Å². The van der Waals surface area contributed by atoms with Crippen molar-refractivity contribution in [3.63, 3.8) is 0 Å². The minimum atomic E-state index is 0.329. The number of phenols is 1. The number of aromatic nitrogens is 1. The van der Waals surface area contributed by atoms with Crippen molar-refractivity contribution in [2.45, 2.75) is 6.42 Å². The Morgan fingerprint density at radius 3 is 2.30 bits per heavy atom. The zero-order chi connectivity index (χ0) is 20.3. The fourth-order valence-electron chi connectivity index (χ4n) is 4.38. The van der Waals surface area contributed by atoms with Crippen molar-refractivity contribution in [1.82, 2.24) is 9.88 Å². The first-order valence-electron chi connectivity index (χ1n) is 10.7. The van der Waals surface area contributed by atoms with Crippen LogP contribution in [0, 0.1) is 0 Å². The van der Waals surface area contributed by atoms with Crippen molar-refractivity contribution < 1.29 is 5.11 Å². The lowest BCUT2D eigenvalue weighted by Gasteiger charge is -2.36. The van der Waals surface area contributed by atoms with Crippen LogP contribution in [0.15, 0.2) is 79.0 Å². The van der Waals surface area contributed by atoms with E-state index < -0.39 is 0 Å². The highest BCUT2D eigenvalue weighted by Gasteiger charge is 2.17. The summed E-state index contributed by atoms with van der Waals surface area (Å²) >= 11 is 0. The van der Waals surface area contributed by atoms with E-state index in [-0.39, 0.29) is 0 Å². The van der Waals surface area contributed by atoms with Crippen molar-refractivity contribution in [2.75, 3.05) is 37.6 Å². The fourth-order valence-corrected chi connectivity index (χ4v) is 4.38. The summed E-state index contributed by atoms with van der Waals surface area (Å²) in [5, 5.41) is 10.9. The topological polar surface area (TPSA) is 42.5 Å². The quantitative estimate of drug-likeness (QED) is 0.503. The summed E-state index contributed by atoms with van der Waals surface area (Å²) < 4.78 is 0. The molecule has 1 fully saturated rings. The molecule has 0 atom stereocenters. The highest BCUT2D eigenvalue weighted by Crippen LogP contribution is 2.25. The van der Waals surface area contributed by atoms with E-state index in [0.29, 0.717) is 5.75 Å². The number of phenolic OH excluding ortho intramolecular Hbond substituents is 1. The Kier molecular flexibility index (Phi) is 5.16. The second kappa shape index (κ2) is 8.25. The summed E-state index contributed by atoms with van der Waals surface area (Å²) in [5.41, 5.74) is 6.20. The van der Waals surface area contributed by atoms with Crippen LogP contribution in [0.25, 0.3) is 22.0 Å². The second-order valence-electron chi connectivity index (χ2n) is 8.04. The van der Waals surface area contributed by atoms with Gasteiger partial charge in [0.1, 0.15) is 5.75 Å². The van der Waals surface area contributed by atoms with Gasteiger partial charge in [-0.2, -0.15) is 0 Å². The number of hydrogen-bond acceptors (Lipinski definition) is 3. The maximum Gasteiger partial charge on any atom is 0.116 e. The van der Waals surface area contributed by atoms with Crippen molar-refractivity contribution >= 4 is 16.6 Å². The van der Waals surface area contributed by atoms with Gasteiger partial charge in [-0.3, -0.25) is 4.90 Å². The Bertz CT molecular complexity index is 1110. The van der Waals surface area contributed by atoms with Gasteiger partial charge in [-0.25, -0.2) is 0 Å². The zero-order valence-electron chi connectivity index (χ0n) is 17.1. The molecular weight excluding hydrogens is 370 g/mol. The second-order valence-corrected chi connectivity index (χ2v) is 8.04. The predicted molar refractivity (Wildman–Crippen MR) is 124 cm³/mol. The van der Waals surface area contributed by atoms with Gasteiger partial charge in [0, 0.05) is 55.5 Å². The lowest BCUT2D eigenvalue weighted by molar-refractivity contribution is 0.261. The molecular formula is C26H27N3O. The molecule has 0 bridgehead atoms. The third kappa shape index (κ3) is 3.91. The van der Waals surface area contributed by atoms with Crippen LogP contribution < -0.4 is 4.90 Å². The molecule has 0 aliphatic carbocycles. The molecule has 1 aliphatic rings. The van der Waals surface area contributed by atoms with Gasteiger partial charge in [0.25, 0.3) is 0 Å². The summed E-state index contributed by atoms with van der Waals surface area (Å²) in [4.78, 5) is 8.33. The summed E-state index contributed by atoms with van der Waals surface area (Å²) in [6.45, 7) is 5.31. The number of fused-ring (bicyclic) bond motifs is 1. The monoisotopic (exact) mass is 397 g/mol. The predicted octanol–water partition coefficient (Wildman–Crippen LogP) is 4.91. The van der Waals surface area contributed by atoms with Crippen LogP contribution in [0.3, 0.4) is 0 Å². The van der Waals surface area contributed by atoms with Crippen molar-refractivity contribution in [3.8, 4) is 16.9 Å². The number of H-pyrrole nitrogens is 1. The van der Waals surface area contributed by atoms with Crippen molar-refractivity contribution in [3.05, 3.63) is 84.6 Å². The molecule has 1 aliphatic heterocycles. The fraction of sp³-hybridized carbons (Fsp3) is 0.231. The molecule has 1 aromatic heterocycles. The molecule has 4 nitrogen and oxygen atoms in total. The number of benzene rings is 3. The summed E-state index contributed by atoms with van der Waals surface area (Å²) in [5.74, 6) is 0.329. The molecule has 0 radical (unpaired) electrons. The van der Waals surface area contributed by atoms with Crippen LogP contribution in [0.2, 0.25) is 0 Å². The molecule has 2 N–H and O–H groups in total. The largest absolute Gasteiger partial charge is 0.508 e. The number of hydrogen-bond donors (Lipinski definition) is 2. The number of rotatable bonds is 5. The molecule has 30 heavy (non-hydrogen) atoms. The molecule has 152 valence electrons. The Labute approximate surface area is 177 Å². The Hall–Kier alpha value is -3.24. The average molecular weight is 398 g/mol. The molecule has 0 amide bonds. The van der Waals surface area contributed by atoms with E-state index in [4.69, 9.17) is 0 Å². The Morgan fingerprint density at radius 2 is 1.53 bits per heavy atom. The van der Waals surface area contributed by atoms with Crippen LogP contribution in [-0.2, 0) is 6.42 Å². The summed E-state index contributed by atoms with van der Waals surface area (Å²) in [6.07, 6.45) is 3.07. The molecule has 4 heteroatoms. The first kappa shape index (κ1) is 18.8.